The number of aromatic nitrogens is 3. The lowest BCUT2D eigenvalue weighted by Gasteiger charge is -2.26. The third-order valence-electron chi connectivity index (χ3n) is 5.00. The van der Waals surface area contributed by atoms with E-state index in [0.29, 0.717) is 21.9 Å². The van der Waals surface area contributed by atoms with E-state index in [-0.39, 0.29) is 11.3 Å². The van der Waals surface area contributed by atoms with Crippen LogP contribution in [0.25, 0.3) is 16.7 Å². The lowest BCUT2D eigenvalue weighted by atomic mass is 10.3. The normalized spacial score (nSPS) is 15.3. The van der Waals surface area contributed by atoms with Gasteiger partial charge in [0.15, 0.2) is 11.8 Å². The number of fused-ring (bicyclic) bond motifs is 1. The first-order valence-electron chi connectivity index (χ1n) is 10.2. The predicted octanol–water partition coefficient (Wildman–Crippen LogP) is 3.47. The van der Waals surface area contributed by atoms with E-state index in [0.717, 1.165) is 45.0 Å². The molecule has 2 aromatic heterocycles. The Morgan fingerprint density at radius 1 is 1.16 bits per heavy atom. The van der Waals surface area contributed by atoms with Crippen molar-refractivity contribution in [1.29, 1.82) is 0 Å². The number of ether oxygens (including phenoxy) is 2. The third kappa shape index (κ3) is 5.64. The average molecular weight is 469 g/mol. The molecule has 3 heterocycles. The van der Waals surface area contributed by atoms with Crippen molar-refractivity contribution in [3.05, 3.63) is 46.9 Å². The van der Waals surface area contributed by atoms with Gasteiger partial charge in [-0.1, -0.05) is 11.8 Å². The second-order valence-electron chi connectivity index (χ2n) is 7.33. The van der Waals surface area contributed by atoms with Crippen LogP contribution in [0.2, 0.25) is 0 Å². The standard InChI is InChI=1S/C21H23F3N4O3S/c22-21(23,24)14-31-16-4-2-15(3-5-16)28-19(29)18-17(6-7-25-18)26-20(28)32-13-1-8-27-9-11-30-12-10-27/h2-7,25H,1,8-14H2. The molecule has 172 valence electrons. The molecule has 32 heavy (non-hydrogen) atoms. The van der Waals surface area contributed by atoms with Crippen LogP contribution in [-0.4, -0.2) is 70.8 Å². The molecule has 0 aliphatic carbocycles. The summed E-state index contributed by atoms with van der Waals surface area (Å²) in [6.07, 6.45) is -1.83. The quantitative estimate of drug-likeness (QED) is 0.310. The summed E-state index contributed by atoms with van der Waals surface area (Å²) in [5.41, 5.74) is 1.20. The van der Waals surface area contributed by atoms with Crippen molar-refractivity contribution < 1.29 is 22.6 Å². The molecule has 1 saturated heterocycles. The van der Waals surface area contributed by atoms with Crippen molar-refractivity contribution in [2.45, 2.75) is 17.8 Å². The van der Waals surface area contributed by atoms with E-state index < -0.39 is 12.8 Å². The molecule has 0 unspecified atom stereocenters. The predicted molar refractivity (Wildman–Crippen MR) is 116 cm³/mol. The highest BCUT2D eigenvalue weighted by atomic mass is 32.2. The zero-order valence-electron chi connectivity index (χ0n) is 17.2. The molecule has 1 aromatic carbocycles. The van der Waals surface area contributed by atoms with Crippen LogP contribution in [0, 0.1) is 0 Å². The first kappa shape index (κ1) is 22.7. The summed E-state index contributed by atoms with van der Waals surface area (Å²) in [5.74, 6) is 0.847. The van der Waals surface area contributed by atoms with Crippen LogP contribution in [0.15, 0.2) is 46.5 Å². The minimum atomic E-state index is -4.41. The van der Waals surface area contributed by atoms with E-state index in [1.807, 2.05) is 0 Å². The maximum atomic E-state index is 13.1. The Labute approximate surface area is 186 Å². The molecule has 0 amide bonds. The molecule has 11 heteroatoms. The Hall–Kier alpha value is -2.50. The fourth-order valence-electron chi connectivity index (χ4n) is 3.43. The molecular formula is C21H23F3N4O3S. The van der Waals surface area contributed by atoms with Crippen LogP contribution in [0.1, 0.15) is 6.42 Å². The van der Waals surface area contributed by atoms with E-state index >= 15 is 0 Å². The van der Waals surface area contributed by atoms with Gasteiger partial charge in [-0.05, 0) is 43.3 Å². The Morgan fingerprint density at radius 2 is 1.91 bits per heavy atom. The molecule has 1 fully saturated rings. The average Bonchev–Trinajstić information content (AvgIpc) is 3.25. The largest absolute Gasteiger partial charge is 0.484 e. The number of hydrogen-bond donors (Lipinski definition) is 1. The number of benzene rings is 1. The van der Waals surface area contributed by atoms with Gasteiger partial charge in [0.2, 0.25) is 0 Å². The number of thioether (sulfide) groups is 1. The molecule has 0 saturated carbocycles. The van der Waals surface area contributed by atoms with Crippen molar-refractivity contribution >= 4 is 22.8 Å². The Morgan fingerprint density at radius 3 is 2.62 bits per heavy atom. The van der Waals surface area contributed by atoms with Crippen LogP contribution in [0.3, 0.4) is 0 Å². The van der Waals surface area contributed by atoms with Crippen molar-refractivity contribution in [1.82, 2.24) is 19.4 Å². The highest BCUT2D eigenvalue weighted by Crippen LogP contribution is 2.24. The van der Waals surface area contributed by atoms with Crippen LogP contribution in [-0.2, 0) is 4.74 Å². The monoisotopic (exact) mass is 468 g/mol. The number of hydrogen-bond acceptors (Lipinski definition) is 6. The first-order valence-corrected chi connectivity index (χ1v) is 11.2. The molecule has 4 rings (SSSR count). The molecule has 0 spiro atoms. The van der Waals surface area contributed by atoms with E-state index in [9.17, 15) is 18.0 Å². The molecule has 0 bridgehead atoms. The van der Waals surface area contributed by atoms with Gasteiger partial charge in [-0.2, -0.15) is 13.2 Å². The Kier molecular flexibility index (Phi) is 7.07. The maximum absolute atomic E-state index is 13.1. The zero-order chi connectivity index (χ0) is 22.6. The number of nitrogens with one attached hydrogen (secondary N) is 1. The molecule has 1 N–H and O–H groups in total. The molecule has 3 aromatic rings. The number of rotatable bonds is 8. The van der Waals surface area contributed by atoms with Gasteiger partial charge in [0, 0.05) is 25.0 Å². The summed E-state index contributed by atoms with van der Waals surface area (Å²) in [6, 6.07) is 7.69. The fraction of sp³-hybridized carbons (Fsp3) is 0.429. The van der Waals surface area contributed by atoms with E-state index in [1.54, 1.807) is 24.4 Å². The number of halogens is 3. The van der Waals surface area contributed by atoms with Crippen molar-refractivity contribution in [2.24, 2.45) is 0 Å². The summed E-state index contributed by atoms with van der Waals surface area (Å²) >= 11 is 1.48. The van der Waals surface area contributed by atoms with Crippen LogP contribution < -0.4 is 10.3 Å². The fourth-order valence-corrected chi connectivity index (χ4v) is 4.37. The molecule has 0 atom stereocenters. The van der Waals surface area contributed by atoms with E-state index in [2.05, 4.69) is 14.9 Å². The summed E-state index contributed by atoms with van der Waals surface area (Å²) in [6.45, 7) is 2.92. The van der Waals surface area contributed by atoms with E-state index in [4.69, 9.17) is 9.47 Å². The van der Waals surface area contributed by atoms with Crippen molar-refractivity contribution in [2.75, 3.05) is 45.2 Å². The van der Waals surface area contributed by atoms with Crippen LogP contribution >= 0.6 is 11.8 Å². The number of nitrogens with zero attached hydrogens (tertiary/aromatic N) is 3. The third-order valence-corrected chi connectivity index (χ3v) is 6.03. The van der Waals surface area contributed by atoms with Crippen LogP contribution in [0.5, 0.6) is 5.75 Å². The number of morpholine rings is 1. The smallest absolute Gasteiger partial charge is 0.422 e. The molecule has 1 aliphatic heterocycles. The second kappa shape index (κ2) is 9.97. The van der Waals surface area contributed by atoms with Crippen molar-refractivity contribution in [3.63, 3.8) is 0 Å². The first-order chi connectivity index (χ1) is 15.4. The summed E-state index contributed by atoms with van der Waals surface area (Å²) in [5, 5.41) is 0.535. The minimum Gasteiger partial charge on any atom is -0.484 e. The number of aromatic amines is 1. The summed E-state index contributed by atoms with van der Waals surface area (Å²) < 4.78 is 48.8. The minimum absolute atomic E-state index is 0.0766. The highest BCUT2D eigenvalue weighted by molar-refractivity contribution is 7.99. The summed E-state index contributed by atoms with van der Waals surface area (Å²) in [4.78, 5) is 23.0. The van der Waals surface area contributed by atoms with Gasteiger partial charge in [0.25, 0.3) is 5.56 Å². The van der Waals surface area contributed by atoms with Gasteiger partial charge in [-0.3, -0.25) is 14.3 Å². The topological polar surface area (TPSA) is 72.4 Å². The van der Waals surface area contributed by atoms with Gasteiger partial charge in [-0.25, -0.2) is 4.98 Å². The zero-order valence-corrected chi connectivity index (χ0v) is 18.0. The molecule has 0 radical (unpaired) electrons. The highest BCUT2D eigenvalue weighted by Gasteiger charge is 2.28. The molecular weight excluding hydrogens is 445 g/mol. The van der Waals surface area contributed by atoms with E-state index in [1.165, 1.54) is 28.5 Å². The van der Waals surface area contributed by atoms with Gasteiger partial charge in [-0.15, -0.1) is 0 Å². The van der Waals surface area contributed by atoms with Gasteiger partial charge in [0.1, 0.15) is 11.3 Å². The number of alkyl halides is 3. The van der Waals surface area contributed by atoms with Crippen LogP contribution in [0.4, 0.5) is 13.2 Å². The lowest BCUT2D eigenvalue weighted by molar-refractivity contribution is -0.153. The van der Waals surface area contributed by atoms with Gasteiger partial charge >= 0.3 is 6.18 Å². The maximum Gasteiger partial charge on any atom is 0.422 e. The lowest BCUT2D eigenvalue weighted by Crippen LogP contribution is -2.37. The molecule has 1 aliphatic rings. The van der Waals surface area contributed by atoms with Crippen molar-refractivity contribution in [3.8, 4) is 11.4 Å². The molecule has 7 nitrogen and oxygen atoms in total. The SMILES string of the molecule is O=c1c2[nH]ccc2nc(SCCCN2CCOCC2)n1-c1ccc(OCC(F)(F)F)cc1. The Balaban J connectivity index is 1.51. The second-order valence-corrected chi connectivity index (χ2v) is 8.39. The Bertz CT molecular complexity index is 1090. The number of H-pyrrole nitrogens is 1. The van der Waals surface area contributed by atoms with Gasteiger partial charge in [0.05, 0.1) is 24.4 Å². The van der Waals surface area contributed by atoms with Gasteiger partial charge < -0.3 is 14.5 Å². The summed E-state index contributed by atoms with van der Waals surface area (Å²) in [7, 11) is 0.